The first-order chi connectivity index (χ1) is 15.3. The number of hydrogen-bond donors (Lipinski definition) is 4. The van der Waals surface area contributed by atoms with Gasteiger partial charge < -0.3 is 40.0 Å². The lowest BCUT2D eigenvalue weighted by Gasteiger charge is -2.25. The fourth-order valence-electron chi connectivity index (χ4n) is 2.72. The lowest BCUT2D eigenvalue weighted by Crippen LogP contribution is -2.46. The Morgan fingerprint density at radius 3 is 1.75 bits per heavy atom. The second kappa shape index (κ2) is 15.8. The fraction of sp³-hybridized carbons (Fsp3) is 0.550. The lowest BCUT2D eigenvalue weighted by atomic mass is 10.1. The zero-order valence-corrected chi connectivity index (χ0v) is 17.7. The second-order valence-electron chi connectivity index (χ2n) is 6.54. The average molecular weight is 458 g/mol. The summed E-state index contributed by atoms with van der Waals surface area (Å²) in [6, 6.07) is 5.77. The van der Waals surface area contributed by atoms with E-state index in [1.807, 2.05) is 0 Å². The van der Waals surface area contributed by atoms with Crippen molar-refractivity contribution in [2.75, 3.05) is 52.9 Å². The zero-order valence-electron chi connectivity index (χ0n) is 17.7. The number of carbonyl (C=O) groups is 3. The molecular weight excluding hydrogens is 428 g/mol. The Hall–Kier alpha value is -2.93. The Kier molecular flexibility index (Phi) is 13.4. The van der Waals surface area contributed by atoms with Crippen LogP contribution in [0.25, 0.3) is 0 Å². The Morgan fingerprint density at radius 2 is 1.31 bits per heavy atom. The average Bonchev–Trinajstić information content (AvgIpc) is 2.72. The van der Waals surface area contributed by atoms with Crippen LogP contribution in [0.2, 0.25) is 0 Å². The zero-order chi connectivity index (χ0) is 23.8. The molecule has 0 saturated heterocycles. The Balaban J connectivity index is 2.27. The standard InChI is InChI=1S/C20H30N2O10/c21-14-30-9-11-32-16-5-3-15(4-6-16)31-10-8-29-7-1-2-17(20(27)28)22(12-18(23)24)13-19(25)26/h3-6,17H,1-2,7-14,21H2,(H,23,24)(H,25,26)(H,27,28). The van der Waals surface area contributed by atoms with Gasteiger partial charge in [0.05, 0.1) is 33.0 Å². The molecule has 0 amide bonds. The minimum atomic E-state index is -1.30. The summed E-state index contributed by atoms with van der Waals surface area (Å²) in [5.41, 5.74) is 5.21. The number of nitrogens with two attached hydrogens (primary N) is 1. The quantitative estimate of drug-likeness (QED) is 0.162. The van der Waals surface area contributed by atoms with Crippen LogP contribution in [-0.2, 0) is 23.9 Å². The minimum absolute atomic E-state index is 0.0501. The fourth-order valence-corrected chi connectivity index (χ4v) is 2.72. The Morgan fingerprint density at radius 1 is 0.812 bits per heavy atom. The molecular formula is C20H30N2O10. The van der Waals surface area contributed by atoms with E-state index in [0.717, 1.165) is 4.90 Å². The molecule has 0 aliphatic heterocycles. The number of rotatable bonds is 19. The number of benzene rings is 1. The topological polar surface area (TPSA) is 178 Å². The maximum Gasteiger partial charge on any atom is 0.320 e. The molecule has 1 aromatic carbocycles. The molecule has 180 valence electrons. The molecule has 0 bridgehead atoms. The summed E-state index contributed by atoms with van der Waals surface area (Å²) in [6.45, 7) is 0.337. The van der Waals surface area contributed by atoms with Crippen molar-refractivity contribution in [2.45, 2.75) is 18.9 Å². The molecule has 32 heavy (non-hydrogen) atoms. The molecule has 0 heterocycles. The molecule has 0 aliphatic carbocycles. The molecule has 1 rings (SSSR count). The van der Waals surface area contributed by atoms with Crippen LogP contribution in [0.4, 0.5) is 0 Å². The van der Waals surface area contributed by atoms with Crippen molar-refractivity contribution in [3.63, 3.8) is 0 Å². The van der Waals surface area contributed by atoms with Gasteiger partial charge in [-0.1, -0.05) is 0 Å². The minimum Gasteiger partial charge on any atom is -0.491 e. The SMILES string of the molecule is NCOCCOc1ccc(OCCOCCCC(C(=O)O)N(CC(=O)O)CC(=O)O)cc1. The maximum absolute atomic E-state index is 11.4. The lowest BCUT2D eigenvalue weighted by molar-refractivity contribution is -0.149. The van der Waals surface area contributed by atoms with Crippen LogP contribution in [0.15, 0.2) is 24.3 Å². The third-order valence-electron chi connectivity index (χ3n) is 4.10. The molecule has 0 radical (unpaired) electrons. The van der Waals surface area contributed by atoms with Gasteiger partial charge in [0, 0.05) is 6.61 Å². The molecule has 1 aromatic rings. The molecule has 1 atom stereocenters. The third kappa shape index (κ3) is 12.1. The van der Waals surface area contributed by atoms with E-state index in [9.17, 15) is 19.5 Å². The second-order valence-corrected chi connectivity index (χ2v) is 6.54. The van der Waals surface area contributed by atoms with E-state index in [2.05, 4.69) is 0 Å². The normalized spacial score (nSPS) is 11.8. The van der Waals surface area contributed by atoms with Gasteiger partial charge in [0.2, 0.25) is 0 Å². The van der Waals surface area contributed by atoms with E-state index < -0.39 is 37.0 Å². The molecule has 0 saturated carbocycles. The van der Waals surface area contributed by atoms with E-state index >= 15 is 0 Å². The van der Waals surface area contributed by atoms with E-state index in [4.69, 9.17) is 34.9 Å². The number of ether oxygens (including phenoxy) is 4. The summed E-state index contributed by atoms with van der Waals surface area (Å²) >= 11 is 0. The van der Waals surface area contributed by atoms with Crippen LogP contribution < -0.4 is 15.2 Å². The monoisotopic (exact) mass is 458 g/mol. The highest BCUT2D eigenvalue weighted by atomic mass is 16.5. The highest BCUT2D eigenvalue weighted by Crippen LogP contribution is 2.17. The highest BCUT2D eigenvalue weighted by Gasteiger charge is 2.28. The van der Waals surface area contributed by atoms with Gasteiger partial charge in [0.25, 0.3) is 0 Å². The van der Waals surface area contributed by atoms with E-state index in [-0.39, 0.29) is 33.0 Å². The van der Waals surface area contributed by atoms with E-state index in [1.54, 1.807) is 24.3 Å². The van der Waals surface area contributed by atoms with Crippen molar-refractivity contribution in [2.24, 2.45) is 5.73 Å². The number of nitrogens with zero attached hydrogens (tertiary/aromatic N) is 1. The van der Waals surface area contributed by atoms with Crippen molar-refractivity contribution >= 4 is 17.9 Å². The van der Waals surface area contributed by atoms with E-state index in [0.29, 0.717) is 31.1 Å². The van der Waals surface area contributed by atoms with Gasteiger partial charge in [0.1, 0.15) is 30.8 Å². The van der Waals surface area contributed by atoms with Crippen molar-refractivity contribution in [3.05, 3.63) is 24.3 Å². The summed E-state index contributed by atoms with van der Waals surface area (Å²) in [4.78, 5) is 34.1. The number of carboxylic acids is 3. The van der Waals surface area contributed by atoms with Gasteiger partial charge in [-0.25, -0.2) is 0 Å². The van der Waals surface area contributed by atoms with Gasteiger partial charge >= 0.3 is 17.9 Å². The molecule has 0 spiro atoms. The first-order valence-corrected chi connectivity index (χ1v) is 9.95. The number of hydrogen-bond acceptors (Lipinski definition) is 9. The van der Waals surface area contributed by atoms with Crippen LogP contribution in [0.5, 0.6) is 11.5 Å². The van der Waals surface area contributed by atoms with Crippen molar-refractivity contribution in [1.82, 2.24) is 4.90 Å². The van der Waals surface area contributed by atoms with Crippen LogP contribution >= 0.6 is 0 Å². The predicted octanol–water partition coefficient (Wildman–Crippen LogP) is 0.0982. The first kappa shape index (κ1) is 27.1. The van der Waals surface area contributed by atoms with Gasteiger partial charge in [0.15, 0.2) is 0 Å². The maximum atomic E-state index is 11.4. The molecule has 0 fully saturated rings. The van der Waals surface area contributed by atoms with Gasteiger partial charge in [-0.3, -0.25) is 19.3 Å². The van der Waals surface area contributed by atoms with Crippen molar-refractivity contribution < 1.29 is 48.7 Å². The predicted molar refractivity (Wildman–Crippen MR) is 111 cm³/mol. The Bertz CT molecular complexity index is 682. The highest BCUT2D eigenvalue weighted by molar-refractivity contribution is 5.78. The van der Waals surface area contributed by atoms with Crippen LogP contribution in [0.1, 0.15) is 12.8 Å². The molecule has 0 aliphatic rings. The largest absolute Gasteiger partial charge is 0.491 e. The summed E-state index contributed by atoms with van der Waals surface area (Å²) in [6.07, 6.45) is 0.362. The summed E-state index contributed by atoms with van der Waals surface area (Å²) in [5, 5.41) is 27.1. The molecule has 0 aromatic heterocycles. The summed E-state index contributed by atoms with van der Waals surface area (Å²) < 4.78 is 21.4. The van der Waals surface area contributed by atoms with Crippen LogP contribution in [0.3, 0.4) is 0 Å². The summed E-state index contributed by atoms with van der Waals surface area (Å²) in [7, 11) is 0. The third-order valence-corrected chi connectivity index (χ3v) is 4.10. The molecule has 12 nitrogen and oxygen atoms in total. The van der Waals surface area contributed by atoms with E-state index in [1.165, 1.54) is 0 Å². The molecule has 12 heteroatoms. The molecule has 1 unspecified atom stereocenters. The number of aliphatic carboxylic acids is 3. The Labute approximate surface area is 185 Å². The van der Waals surface area contributed by atoms with Crippen LogP contribution in [-0.4, -0.2) is 97.0 Å². The van der Waals surface area contributed by atoms with Gasteiger partial charge in [-0.2, -0.15) is 0 Å². The van der Waals surface area contributed by atoms with Gasteiger partial charge in [-0.05, 0) is 37.1 Å². The number of carboxylic acid groups (broad SMARTS) is 3. The molecule has 5 N–H and O–H groups in total. The van der Waals surface area contributed by atoms with Gasteiger partial charge in [-0.15, -0.1) is 0 Å². The van der Waals surface area contributed by atoms with Crippen molar-refractivity contribution in [3.8, 4) is 11.5 Å². The smallest absolute Gasteiger partial charge is 0.320 e. The summed E-state index contributed by atoms with van der Waals surface area (Å²) in [5.74, 6) is -2.59. The first-order valence-electron chi connectivity index (χ1n) is 9.95. The van der Waals surface area contributed by atoms with Crippen molar-refractivity contribution in [1.29, 1.82) is 0 Å². The van der Waals surface area contributed by atoms with Crippen LogP contribution in [0, 0.1) is 0 Å².